The summed E-state index contributed by atoms with van der Waals surface area (Å²) in [6.07, 6.45) is 3.10. The molecule has 3 heteroatoms. The number of para-hydroxylation sites is 1. The van der Waals surface area contributed by atoms with E-state index in [0.717, 1.165) is 19.3 Å². The molecule has 22 heavy (non-hydrogen) atoms. The predicted molar refractivity (Wildman–Crippen MR) is 85.7 cm³/mol. The summed E-state index contributed by atoms with van der Waals surface area (Å²) in [5.41, 5.74) is 3.12. The minimum Gasteiger partial charge on any atom is -0.493 e. The number of ether oxygens (including phenoxy) is 2. The fraction of sp³-hybridized carbons (Fsp3) is 0.316. The molecule has 1 aliphatic rings. The number of ketones is 1. The number of hydrogen-bond acceptors (Lipinski definition) is 3. The second-order valence-corrected chi connectivity index (χ2v) is 5.59. The smallest absolute Gasteiger partial charge is 0.172 e. The van der Waals surface area contributed by atoms with Gasteiger partial charge in [0.2, 0.25) is 0 Å². The van der Waals surface area contributed by atoms with Gasteiger partial charge in [-0.1, -0.05) is 30.3 Å². The van der Waals surface area contributed by atoms with Crippen LogP contribution >= 0.6 is 0 Å². The summed E-state index contributed by atoms with van der Waals surface area (Å²) >= 11 is 0. The topological polar surface area (TPSA) is 35.5 Å². The molecule has 0 saturated carbocycles. The van der Waals surface area contributed by atoms with Crippen molar-refractivity contribution in [1.29, 1.82) is 0 Å². The van der Waals surface area contributed by atoms with Crippen molar-refractivity contribution in [1.82, 2.24) is 0 Å². The molecule has 3 rings (SSSR count). The van der Waals surface area contributed by atoms with Crippen molar-refractivity contribution in [3.8, 4) is 11.5 Å². The zero-order valence-corrected chi connectivity index (χ0v) is 13.0. The van der Waals surface area contributed by atoms with Gasteiger partial charge in [0, 0.05) is 0 Å². The van der Waals surface area contributed by atoms with Crippen molar-refractivity contribution in [2.75, 3.05) is 7.11 Å². The van der Waals surface area contributed by atoms with E-state index in [2.05, 4.69) is 18.2 Å². The number of Topliss-reactive ketones (excluding diaryl/α,β-unsaturated/α-hetero) is 1. The Morgan fingerprint density at radius 1 is 1.14 bits per heavy atom. The maximum atomic E-state index is 11.9. The summed E-state index contributed by atoms with van der Waals surface area (Å²) in [6, 6.07) is 13.8. The van der Waals surface area contributed by atoms with Crippen molar-refractivity contribution in [3.63, 3.8) is 0 Å². The number of methoxy groups -OCH3 is 1. The van der Waals surface area contributed by atoms with Gasteiger partial charge in [0.1, 0.15) is 6.10 Å². The average Bonchev–Trinajstić information content (AvgIpc) is 2.55. The first-order chi connectivity index (χ1) is 10.7. The van der Waals surface area contributed by atoms with Gasteiger partial charge in [-0.3, -0.25) is 4.79 Å². The van der Waals surface area contributed by atoms with Gasteiger partial charge in [-0.2, -0.15) is 0 Å². The van der Waals surface area contributed by atoms with Crippen molar-refractivity contribution in [2.24, 2.45) is 0 Å². The average molecular weight is 296 g/mol. The molecule has 1 atom stereocenters. The third kappa shape index (κ3) is 2.71. The number of fused-ring (bicyclic) bond motifs is 1. The van der Waals surface area contributed by atoms with Crippen molar-refractivity contribution in [2.45, 2.75) is 32.3 Å². The quantitative estimate of drug-likeness (QED) is 0.787. The lowest BCUT2D eigenvalue weighted by atomic mass is 9.89. The Labute approximate surface area is 130 Å². The normalized spacial score (nSPS) is 16.7. The first-order valence-corrected chi connectivity index (χ1v) is 7.63. The second-order valence-electron chi connectivity index (χ2n) is 5.59. The fourth-order valence-electron chi connectivity index (χ4n) is 3.05. The van der Waals surface area contributed by atoms with Gasteiger partial charge in [0.05, 0.1) is 12.7 Å². The van der Waals surface area contributed by atoms with Crippen LogP contribution in [0.15, 0.2) is 42.5 Å². The van der Waals surface area contributed by atoms with E-state index >= 15 is 0 Å². The Morgan fingerprint density at radius 3 is 2.73 bits per heavy atom. The zero-order valence-electron chi connectivity index (χ0n) is 13.0. The molecule has 0 bridgehead atoms. The highest BCUT2D eigenvalue weighted by Crippen LogP contribution is 2.39. The first kappa shape index (κ1) is 14.6. The van der Waals surface area contributed by atoms with Crippen LogP contribution in [0, 0.1) is 0 Å². The van der Waals surface area contributed by atoms with Crippen LogP contribution in [0.2, 0.25) is 0 Å². The molecule has 0 fully saturated rings. The number of rotatable bonds is 4. The van der Waals surface area contributed by atoms with E-state index in [0.29, 0.717) is 17.1 Å². The summed E-state index contributed by atoms with van der Waals surface area (Å²) in [5, 5.41) is 0. The third-order valence-corrected chi connectivity index (χ3v) is 4.15. The van der Waals surface area contributed by atoms with Crippen molar-refractivity contribution in [3.05, 3.63) is 59.2 Å². The number of carbonyl (C=O) groups excluding carboxylic acids is 1. The molecule has 0 N–H and O–H groups in total. The van der Waals surface area contributed by atoms with Gasteiger partial charge in [0.15, 0.2) is 17.3 Å². The van der Waals surface area contributed by atoms with Gasteiger partial charge in [-0.25, -0.2) is 0 Å². The van der Waals surface area contributed by atoms with Crippen LogP contribution in [-0.2, 0) is 6.42 Å². The minimum absolute atomic E-state index is 0.0157. The summed E-state index contributed by atoms with van der Waals surface area (Å²) in [6.45, 7) is 1.55. The molecule has 2 aromatic rings. The third-order valence-electron chi connectivity index (χ3n) is 4.15. The molecular weight excluding hydrogens is 276 g/mol. The van der Waals surface area contributed by atoms with Gasteiger partial charge < -0.3 is 9.47 Å². The lowest BCUT2D eigenvalue weighted by molar-refractivity contribution is 0.100. The van der Waals surface area contributed by atoms with E-state index in [1.807, 2.05) is 18.2 Å². The van der Waals surface area contributed by atoms with Crippen LogP contribution in [0.25, 0.3) is 0 Å². The van der Waals surface area contributed by atoms with Gasteiger partial charge >= 0.3 is 0 Å². The molecule has 0 amide bonds. The lowest BCUT2D eigenvalue weighted by Crippen LogP contribution is -2.16. The van der Waals surface area contributed by atoms with E-state index in [9.17, 15) is 4.79 Å². The molecule has 2 aromatic carbocycles. The minimum atomic E-state index is -0.0284. The van der Waals surface area contributed by atoms with E-state index < -0.39 is 0 Å². The van der Waals surface area contributed by atoms with E-state index in [1.54, 1.807) is 20.1 Å². The Bertz CT molecular complexity index is 691. The Balaban J connectivity index is 1.99. The largest absolute Gasteiger partial charge is 0.493 e. The standard InChI is InChI=1S/C19H20O3/c1-13(20)15-10-6-12-18(21-2)19(15)22-17-11-5-8-14-7-3-4-9-16(14)17/h3-4,6-7,9-10,12,17H,5,8,11H2,1-2H3. The van der Waals surface area contributed by atoms with Crippen molar-refractivity contribution < 1.29 is 14.3 Å². The highest BCUT2D eigenvalue weighted by atomic mass is 16.5. The predicted octanol–water partition coefficient (Wildman–Crippen LogP) is 4.35. The van der Waals surface area contributed by atoms with E-state index in [-0.39, 0.29) is 11.9 Å². The van der Waals surface area contributed by atoms with Crippen LogP contribution in [0.1, 0.15) is 47.4 Å². The van der Waals surface area contributed by atoms with Gasteiger partial charge in [0.25, 0.3) is 0 Å². The Kier molecular flexibility index (Phi) is 4.14. The molecule has 0 aromatic heterocycles. The Morgan fingerprint density at radius 2 is 1.95 bits per heavy atom. The number of hydrogen-bond donors (Lipinski definition) is 0. The maximum absolute atomic E-state index is 11.9. The molecule has 3 nitrogen and oxygen atoms in total. The number of aryl methyl sites for hydroxylation is 1. The van der Waals surface area contributed by atoms with Crippen LogP contribution in [-0.4, -0.2) is 12.9 Å². The molecule has 0 radical (unpaired) electrons. The summed E-state index contributed by atoms with van der Waals surface area (Å²) in [7, 11) is 1.60. The maximum Gasteiger partial charge on any atom is 0.172 e. The van der Waals surface area contributed by atoms with Crippen LogP contribution in [0.5, 0.6) is 11.5 Å². The molecule has 114 valence electrons. The van der Waals surface area contributed by atoms with Gasteiger partial charge in [-0.05, 0) is 49.4 Å². The molecule has 0 heterocycles. The van der Waals surface area contributed by atoms with Crippen molar-refractivity contribution >= 4 is 5.78 Å². The van der Waals surface area contributed by atoms with Gasteiger partial charge in [-0.15, -0.1) is 0 Å². The highest BCUT2D eigenvalue weighted by Gasteiger charge is 2.24. The summed E-state index contributed by atoms with van der Waals surface area (Å²) < 4.78 is 11.6. The fourth-order valence-corrected chi connectivity index (χ4v) is 3.05. The second kappa shape index (κ2) is 6.22. The van der Waals surface area contributed by atoms with E-state index in [4.69, 9.17) is 9.47 Å². The monoisotopic (exact) mass is 296 g/mol. The Hall–Kier alpha value is -2.29. The molecule has 0 spiro atoms. The molecule has 0 saturated heterocycles. The molecule has 1 aliphatic carbocycles. The van der Waals surface area contributed by atoms with Crippen LogP contribution in [0.4, 0.5) is 0 Å². The lowest BCUT2D eigenvalue weighted by Gasteiger charge is -2.27. The molecule has 0 aliphatic heterocycles. The highest BCUT2D eigenvalue weighted by molar-refractivity contribution is 5.97. The van der Waals surface area contributed by atoms with Crippen LogP contribution in [0.3, 0.4) is 0 Å². The van der Waals surface area contributed by atoms with E-state index in [1.165, 1.54) is 11.1 Å². The summed E-state index contributed by atoms with van der Waals surface area (Å²) in [4.78, 5) is 11.9. The first-order valence-electron chi connectivity index (χ1n) is 7.63. The summed E-state index contributed by atoms with van der Waals surface area (Å²) in [5.74, 6) is 1.15. The van der Waals surface area contributed by atoms with Crippen LogP contribution < -0.4 is 9.47 Å². The number of benzene rings is 2. The molecule has 1 unspecified atom stereocenters. The molecular formula is C19H20O3. The number of carbonyl (C=O) groups is 1. The zero-order chi connectivity index (χ0) is 15.5. The SMILES string of the molecule is COc1cccc(C(C)=O)c1OC1CCCc2ccccc21.